The summed E-state index contributed by atoms with van der Waals surface area (Å²) >= 11 is 0. The Kier molecular flexibility index (Phi) is 5.34. The Labute approximate surface area is 76.1 Å². The van der Waals surface area contributed by atoms with Gasteiger partial charge >= 0.3 is 29.5 Å². The van der Waals surface area contributed by atoms with Gasteiger partial charge in [0.05, 0.1) is 0 Å². The van der Waals surface area contributed by atoms with Crippen molar-refractivity contribution in [1.82, 2.24) is 0 Å². The van der Waals surface area contributed by atoms with Gasteiger partial charge in [0, 0.05) is 0 Å². The van der Waals surface area contributed by atoms with Gasteiger partial charge in [-0.2, -0.15) is 22.0 Å². The Hall–Kier alpha value is 0.112. The first kappa shape index (κ1) is 14.6. The topological polar surface area (TPSA) is 0 Å². The molecule has 0 fully saturated rings. The fourth-order valence-electron chi connectivity index (χ4n) is 0.434. The molecular formula is C5H6AlF6+3. The monoisotopic (exact) mass is 207 g/mol. The van der Waals surface area contributed by atoms with E-state index in [1.165, 1.54) is 0 Å². The van der Waals surface area contributed by atoms with Crippen LogP contribution in [0.5, 0.6) is 0 Å². The number of rotatable bonds is 2. The summed E-state index contributed by atoms with van der Waals surface area (Å²) in [6.45, 7) is 0.921. The van der Waals surface area contributed by atoms with E-state index in [4.69, 9.17) is 0 Å². The molecule has 0 saturated carbocycles. The molecule has 1 unspecified atom stereocenters. The SMILES string of the molecule is CCC(F)C(F)(F)C(F)(F)F.[Al+3]. The first-order chi connectivity index (χ1) is 4.73. The van der Waals surface area contributed by atoms with E-state index < -0.39 is 24.7 Å². The summed E-state index contributed by atoms with van der Waals surface area (Å²) in [4.78, 5) is 0. The molecule has 0 nitrogen and oxygen atoms in total. The standard InChI is InChI=1S/C5H6F6.Al/c1-2-3(6)4(7,8)5(9,10)11;/h3H,2H2,1H3;/q;+3. The summed E-state index contributed by atoms with van der Waals surface area (Å²) in [5.41, 5.74) is 0. The van der Waals surface area contributed by atoms with E-state index in [0.29, 0.717) is 0 Å². The van der Waals surface area contributed by atoms with Crippen molar-refractivity contribution < 1.29 is 26.3 Å². The van der Waals surface area contributed by atoms with Crippen LogP contribution in [0.15, 0.2) is 0 Å². The largest absolute Gasteiger partial charge is 3.00 e. The van der Waals surface area contributed by atoms with Crippen LogP contribution in [-0.2, 0) is 0 Å². The molecule has 0 aromatic rings. The number of alkyl halides is 6. The van der Waals surface area contributed by atoms with Gasteiger partial charge in [-0.25, -0.2) is 4.39 Å². The van der Waals surface area contributed by atoms with Crippen molar-refractivity contribution in [2.45, 2.75) is 31.6 Å². The van der Waals surface area contributed by atoms with Gasteiger partial charge in [0.15, 0.2) is 6.17 Å². The maximum absolute atomic E-state index is 11.9. The molecule has 0 aliphatic carbocycles. The minimum atomic E-state index is -5.79. The van der Waals surface area contributed by atoms with E-state index in [1.54, 1.807) is 0 Å². The third kappa shape index (κ3) is 2.87. The van der Waals surface area contributed by atoms with Crippen LogP contribution < -0.4 is 0 Å². The van der Waals surface area contributed by atoms with Gasteiger partial charge in [0.25, 0.3) is 0 Å². The van der Waals surface area contributed by atoms with Crippen LogP contribution in [0.3, 0.4) is 0 Å². The van der Waals surface area contributed by atoms with Crippen molar-refractivity contribution in [2.24, 2.45) is 0 Å². The van der Waals surface area contributed by atoms with Crippen molar-refractivity contribution in [3.63, 3.8) is 0 Å². The molecule has 0 saturated heterocycles. The summed E-state index contributed by atoms with van der Waals surface area (Å²) in [6.07, 6.45) is -9.79. The smallest absolute Gasteiger partial charge is 0.240 e. The first-order valence-corrected chi connectivity index (χ1v) is 2.82. The molecule has 0 rings (SSSR count). The van der Waals surface area contributed by atoms with E-state index in [-0.39, 0.29) is 17.4 Å². The van der Waals surface area contributed by atoms with Crippen molar-refractivity contribution in [3.8, 4) is 0 Å². The molecule has 0 aromatic carbocycles. The molecule has 12 heavy (non-hydrogen) atoms. The predicted octanol–water partition coefficient (Wildman–Crippen LogP) is 2.55. The van der Waals surface area contributed by atoms with Gasteiger partial charge in [-0.3, -0.25) is 0 Å². The summed E-state index contributed by atoms with van der Waals surface area (Å²) < 4.78 is 69.4. The van der Waals surface area contributed by atoms with E-state index >= 15 is 0 Å². The third-order valence-corrected chi connectivity index (χ3v) is 1.13. The Bertz CT molecular complexity index is 130. The van der Waals surface area contributed by atoms with E-state index in [2.05, 4.69) is 0 Å². The average Bonchev–Trinajstić information content (AvgIpc) is 1.83. The molecule has 0 aliphatic heterocycles. The molecule has 1 atom stereocenters. The predicted molar refractivity (Wildman–Crippen MR) is 31.9 cm³/mol. The summed E-state index contributed by atoms with van der Waals surface area (Å²) in [6, 6.07) is 0. The van der Waals surface area contributed by atoms with Crippen LogP contribution in [0, 0.1) is 0 Å². The normalized spacial score (nSPS) is 15.2. The average molecular weight is 207 g/mol. The van der Waals surface area contributed by atoms with Crippen LogP contribution >= 0.6 is 0 Å². The number of hydrogen-bond acceptors (Lipinski definition) is 0. The zero-order valence-corrected chi connectivity index (χ0v) is 7.28. The molecule has 0 radical (unpaired) electrons. The summed E-state index contributed by atoms with van der Waals surface area (Å²) in [7, 11) is 0. The maximum Gasteiger partial charge on any atom is 3.00 e. The minimum absolute atomic E-state index is 0. The molecule has 0 heterocycles. The first-order valence-electron chi connectivity index (χ1n) is 2.82. The van der Waals surface area contributed by atoms with E-state index in [1.807, 2.05) is 0 Å². The zero-order chi connectivity index (χ0) is 9.28. The second-order valence-electron chi connectivity index (χ2n) is 2.00. The van der Waals surface area contributed by atoms with Crippen molar-refractivity contribution >= 4 is 17.4 Å². The minimum Gasteiger partial charge on any atom is -0.240 e. The van der Waals surface area contributed by atoms with Crippen LogP contribution in [0.2, 0.25) is 0 Å². The molecular weight excluding hydrogens is 201 g/mol. The molecule has 0 aromatic heterocycles. The maximum atomic E-state index is 11.9. The zero-order valence-electron chi connectivity index (χ0n) is 6.13. The Morgan fingerprint density at radius 1 is 1.08 bits per heavy atom. The van der Waals surface area contributed by atoms with Crippen molar-refractivity contribution in [2.75, 3.05) is 0 Å². The molecule has 7 heteroatoms. The van der Waals surface area contributed by atoms with E-state index in [9.17, 15) is 26.3 Å². The third-order valence-electron chi connectivity index (χ3n) is 1.13. The van der Waals surface area contributed by atoms with Gasteiger partial charge in [-0.1, -0.05) is 6.92 Å². The van der Waals surface area contributed by atoms with Crippen molar-refractivity contribution in [3.05, 3.63) is 0 Å². The number of hydrogen-bond donors (Lipinski definition) is 0. The quantitative estimate of drug-likeness (QED) is 0.482. The van der Waals surface area contributed by atoms with Crippen LogP contribution in [0.1, 0.15) is 13.3 Å². The Morgan fingerprint density at radius 2 is 1.42 bits per heavy atom. The van der Waals surface area contributed by atoms with Crippen molar-refractivity contribution in [1.29, 1.82) is 0 Å². The van der Waals surface area contributed by atoms with Crippen LogP contribution in [0.25, 0.3) is 0 Å². The van der Waals surface area contributed by atoms with E-state index in [0.717, 1.165) is 6.92 Å². The van der Waals surface area contributed by atoms with Gasteiger partial charge in [-0.15, -0.1) is 0 Å². The molecule has 0 N–H and O–H groups in total. The molecule has 68 valence electrons. The van der Waals surface area contributed by atoms with Gasteiger partial charge in [0.2, 0.25) is 0 Å². The Morgan fingerprint density at radius 3 is 1.50 bits per heavy atom. The molecule has 0 spiro atoms. The molecule has 0 bridgehead atoms. The van der Waals surface area contributed by atoms with Gasteiger partial charge in [-0.05, 0) is 6.42 Å². The van der Waals surface area contributed by atoms with Gasteiger partial charge in [0.1, 0.15) is 0 Å². The molecule has 0 amide bonds. The summed E-state index contributed by atoms with van der Waals surface area (Å²) in [5.74, 6) is -5.22. The summed E-state index contributed by atoms with van der Waals surface area (Å²) in [5, 5.41) is 0. The van der Waals surface area contributed by atoms with Crippen LogP contribution in [0.4, 0.5) is 26.3 Å². The second kappa shape index (κ2) is 4.38. The fraction of sp³-hybridized carbons (Fsp3) is 1.00. The van der Waals surface area contributed by atoms with Gasteiger partial charge < -0.3 is 0 Å². The Balaban J connectivity index is 0. The van der Waals surface area contributed by atoms with Crippen LogP contribution in [-0.4, -0.2) is 35.6 Å². The molecule has 0 aliphatic rings. The number of halogens is 6. The fourth-order valence-corrected chi connectivity index (χ4v) is 0.434. The second-order valence-corrected chi connectivity index (χ2v) is 2.00.